The number of aliphatic hydroxyl groups excluding tert-OH is 2. The van der Waals surface area contributed by atoms with E-state index < -0.39 is 30.5 Å². The second-order valence-corrected chi connectivity index (χ2v) is 8.99. The Kier molecular flexibility index (Phi) is 6.45. The van der Waals surface area contributed by atoms with Crippen molar-refractivity contribution in [2.45, 2.75) is 37.8 Å². The third-order valence-corrected chi connectivity index (χ3v) is 6.84. The van der Waals surface area contributed by atoms with Gasteiger partial charge in [0.2, 0.25) is 5.95 Å². The first-order chi connectivity index (χ1) is 15.7. The third kappa shape index (κ3) is 4.74. The number of halogens is 3. The van der Waals surface area contributed by atoms with Crippen molar-refractivity contribution in [2.75, 3.05) is 30.9 Å². The lowest BCUT2D eigenvalue weighted by Crippen LogP contribution is -2.49. The number of methoxy groups -OCH3 is 1. The maximum Gasteiger partial charge on any atom is 0.405 e. The van der Waals surface area contributed by atoms with Gasteiger partial charge in [-0.2, -0.15) is 18.2 Å². The highest BCUT2D eigenvalue weighted by atomic mass is 32.1. The van der Waals surface area contributed by atoms with Gasteiger partial charge in [-0.25, -0.2) is 9.97 Å². The number of hydrogen-bond donors (Lipinski definition) is 4. The van der Waals surface area contributed by atoms with Crippen molar-refractivity contribution in [3.05, 3.63) is 30.0 Å². The number of para-hydroxylation sites is 1. The third-order valence-electron chi connectivity index (χ3n) is 5.78. The molecular formula is C21H24F3N5O3S. The van der Waals surface area contributed by atoms with Crippen LogP contribution in [0.25, 0.3) is 20.8 Å². The van der Waals surface area contributed by atoms with Crippen molar-refractivity contribution in [3.63, 3.8) is 0 Å². The van der Waals surface area contributed by atoms with Crippen LogP contribution in [0, 0.1) is 12.8 Å². The predicted molar refractivity (Wildman–Crippen MR) is 119 cm³/mol. The van der Waals surface area contributed by atoms with Gasteiger partial charge >= 0.3 is 6.18 Å². The van der Waals surface area contributed by atoms with E-state index in [0.29, 0.717) is 29.1 Å². The molecule has 1 aromatic carbocycles. The lowest BCUT2D eigenvalue weighted by atomic mass is 10.0. The van der Waals surface area contributed by atoms with Crippen LogP contribution in [0.1, 0.15) is 18.5 Å². The summed E-state index contributed by atoms with van der Waals surface area (Å²) >= 11 is 1.40. The summed E-state index contributed by atoms with van der Waals surface area (Å²) in [5.41, 5.74) is 0.407. The monoisotopic (exact) mass is 483 g/mol. The number of aryl methyl sites for hydroxylation is 1. The van der Waals surface area contributed by atoms with Crippen molar-refractivity contribution in [3.8, 4) is 10.6 Å². The summed E-state index contributed by atoms with van der Waals surface area (Å²) in [6.07, 6.45) is -4.64. The van der Waals surface area contributed by atoms with Crippen LogP contribution in [0.15, 0.2) is 24.3 Å². The summed E-state index contributed by atoms with van der Waals surface area (Å²) in [7, 11) is 1.42. The van der Waals surface area contributed by atoms with E-state index >= 15 is 0 Å². The summed E-state index contributed by atoms with van der Waals surface area (Å²) < 4.78 is 44.9. The van der Waals surface area contributed by atoms with Gasteiger partial charge in [-0.05, 0) is 31.9 Å². The predicted octanol–water partition coefficient (Wildman–Crippen LogP) is 3.55. The first-order valence-electron chi connectivity index (χ1n) is 10.3. The van der Waals surface area contributed by atoms with E-state index in [1.54, 1.807) is 6.92 Å². The fraction of sp³-hybridized carbons (Fsp3) is 0.476. The number of fused-ring (bicyclic) bond motifs is 1. The van der Waals surface area contributed by atoms with Crippen LogP contribution in [0.2, 0.25) is 0 Å². The van der Waals surface area contributed by atoms with Crippen molar-refractivity contribution < 1.29 is 28.1 Å². The molecule has 12 heteroatoms. The number of hydrogen-bond acceptors (Lipinski definition) is 9. The molecule has 0 radical (unpaired) electrons. The molecule has 4 N–H and O–H groups in total. The minimum absolute atomic E-state index is 0.186. The van der Waals surface area contributed by atoms with Gasteiger partial charge in [-0.1, -0.05) is 12.1 Å². The van der Waals surface area contributed by atoms with E-state index in [2.05, 4.69) is 25.6 Å². The highest BCUT2D eigenvalue weighted by Crippen LogP contribution is 2.42. The first-order valence-corrected chi connectivity index (χ1v) is 11.1. The van der Waals surface area contributed by atoms with Gasteiger partial charge in [0, 0.05) is 19.6 Å². The normalized spacial score (nSPS) is 23.2. The van der Waals surface area contributed by atoms with Gasteiger partial charge in [0.1, 0.15) is 23.5 Å². The molecule has 2 heterocycles. The highest BCUT2D eigenvalue weighted by molar-refractivity contribution is 7.21. The molecule has 4 rings (SSSR count). The SMILES string of the molecule is COC1(Nc2nc(NCC(F)(F)F)nc(C)c2-c2nc3ccccc3s2)CCC(CO)C1O. The smallest absolute Gasteiger partial charge is 0.396 e. The van der Waals surface area contributed by atoms with Gasteiger partial charge in [-0.15, -0.1) is 11.3 Å². The Morgan fingerprint density at radius 1 is 1.24 bits per heavy atom. The quantitative estimate of drug-likeness (QED) is 0.378. The highest BCUT2D eigenvalue weighted by Gasteiger charge is 2.49. The number of aliphatic hydroxyl groups is 2. The summed E-state index contributed by atoms with van der Waals surface area (Å²) in [5, 5.41) is 26.3. The number of ether oxygens (including phenoxy) is 1. The molecule has 1 aliphatic rings. The second-order valence-electron chi connectivity index (χ2n) is 7.96. The molecule has 33 heavy (non-hydrogen) atoms. The molecule has 0 spiro atoms. The Labute approximate surface area is 191 Å². The minimum atomic E-state index is -4.44. The largest absolute Gasteiger partial charge is 0.405 e. The van der Waals surface area contributed by atoms with Gasteiger partial charge in [0.05, 0.1) is 21.5 Å². The number of nitrogens with zero attached hydrogens (tertiary/aromatic N) is 3. The zero-order valence-corrected chi connectivity index (χ0v) is 18.8. The molecule has 178 valence electrons. The molecule has 2 aromatic heterocycles. The fourth-order valence-corrected chi connectivity index (χ4v) is 5.11. The number of nitrogens with one attached hydrogen (secondary N) is 2. The Bertz CT molecular complexity index is 1110. The van der Waals surface area contributed by atoms with E-state index in [-0.39, 0.29) is 18.4 Å². The van der Waals surface area contributed by atoms with Crippen molar-refractivity contribution in [1.29, 1.82) is 0 Å². The molecule has 3 aromatic rings. The summed E-state index contributed by atoms with van der Waals surface area (Å²) in [5.74, 6) is -0.436. The Morgan fingerprint density at radius 2 is 2.00 bits per heavy atom. The molecular weight excluding hydrogens is 459 g/mol. The maximum absolute atomic E-state index is 12.8. The van der Waals surface area contributed by atoms with Crippen LogP contribution in [-0.4, -0.2) is 63.4 Å². The standard InChI is InChI=1S/C21H24F3N5O3S/c1-11-15(18-27-13-5-3-4-6-14(13)33-18)17(28-19(26-11)25-10-21(22,23)24)29-20(32-2)8-7-12(9-30)16(20)31/h3-6,12,16,30-31H,7-10H2,1-2H3,(H2,25,26,28,29). The van der Waals surface area contributed by atoms with Gasteiger partial charge in [0.15, 0.2) is 5.72 Å². The maximum atomic E-state index is 12.8. The molecule has 0 amide bonds. The zero-order valence-electron chi connectivity index (χ0n) is 18.0. The van der Waals surface area contributed by atoms with Gasteiger partial charge in [0.25, 0.3) is 0 Å². The van der Waals surface area contributed by atoms with Crippen LogP contribution in [0.5, 0.6) is 0 Å². The van der Waals surface area contributed by atoms with E-state index in [4.69, 9.17) is 4.74 Å². The number of benzene rings is 1. The molecule has 0 saturated heterocycles. The van der Waals surface area contributed by atoms with E-state index in [9.17, 15) is 23.4 Å². The second kappa shape index (κ2) is 9.01. The van der Waals surface area contributed by atoms with Gasteiger partial charge in [-0.3, -0.25) is 0 Å². The molecule has 0 bridgehead atoms. The Hall–Kier alpha value is -2.54. The molecule has 1 fully saturated rings. The van der Waals surface area contributed by atoms with Crippen molar-refractivity contribution in [2.24, 2.45) is 5.92 Å². The lowest BCUT2D eigenvalue weighted by molar-refractivity contribution is -0.115. The fourth-order valence-electron chi connectivity index (χ4n) is 4.05. The molecule has 0 aliphatic heterocycles. The molecule has 8 nitrogen and oxygen atoms in total. The van der Waals surface area contributed by atoms with E-state index in [0.717, 1.165) is 10.2 Å². The molecule has 1 aliphatic carbocycles. The first kappa shape index (κ1) is 23.6. The number of aromatic nitrogens is 3. The van der Waals surface area contributed by atoms with Crippen molar-refractivity contribution >= 4 is 33.3 Å². The van der Waals surface area contributed by atoms with Crippen LogP contribution < -0.4 is 10.6 Å². The Morgan fingerprint density at radius 3 is 2.64 bits per heavy atom. The average Bonchev–Trinajstić information content (AvgIpc) is 3.33. The van der Waals surface area contributed by atoms with Crippen LogP contribution in [0.3, 0.4) is 0 Å². The number of anilines is 2. The van der Waals surface area contributed by atoms with E-state index in [1.807, 2.05) is 24.3 Å². The zero-order chi connectivity index (χ0) is 23.8. The van der Waals surface area contributed by atoms with Gasteiger partial charge < -0.3 is 25.6 Å². The minimum Gasteiger partial charge on any atom is -0.396 e. The summed E-state index contributed by atoms with van der Waals surface area (Å²) in [6.45, 7) is 0.144. The van der Waals surface area contributed by atoms with Crippen LogP contribution >= 0.6 is 11.3 Å². The molecule has 3 atom stereocenters. The summed E-state index contributed by atoms with van der Waals surface area (Å²) in [6, 6.07) is 7.53. The molecule has 3 unspecified atom stereocenters. The topological polar surface area (TPSA) is 112 Å². The van der Waals surface area contributed by atoms with E-state index in [1.165, 1.54) is 18.4 Å². The number of alkyl halides is 3. The Balaban J connectivity index is 1.80. The van der Waals surface area contributed by atoms with Crippen molar-refractivity contribution in [1.82, 2.24) is 15.0 Å². The lowest BCUT2D eigenvalue weighted by Gasteiger charge is -2.34. The number of thiazole rings is 1. The number of rotatable bonds is 7. The van der Waals surface area contributed by atoms with Crippen LogP contribution in [-0.2, 0) is 4.74 Å². The summed E-state index contributed by atoms with van der Waals surface area (Å²) in [4.78, 5) is 13.2. The average molecular weight is 484 g/mol. The molecule has 1 saturated carbocycles. The van der Waals surface area contributed by atoms with Crippen LogP contribution in [0.4, 0.5) is 24.9 Å².